The Labute approximate surface area is 94.6 Å². The van der Waals surface area contributed by atoms with Gasteiger partial charge in [0.15, 0.2) is 0 Å². The van der Waals surface area contributed by atoms with Gasteiger partial charge in [-0.25, -0.2) is 4.39 Å². The van der Waals surface area contributed by atoms with Crippen molar-refractivity contribution in [3.63, 3.8) is 0 Å². The van der Waals surface area contributed by atoms with Crippen LogP contribution in [0.2, 0.25) is 0 Å². The van der Waals surface area contributed by atoms with Crippen molar-refractivity contribution in [3.05, 3.63) is 0 Å². The fraction of sp³-hybridized carbons (Fsp3) is 1.00. The molecule has 90 valence electrons. The van der Waals surface area contributed by atoms with Gasteiger partial charge in [0, 0.05) is 0 Å². The fourth-order valence-electron chi connectivity index (χ4n) is 3.85. The van der Waals surface area contributed by atoms with Crippen LogP contribution in [0.3, 0.4) is 0 Å². The highest BCUT2D eigenvalue weighted by Gasteiger charge is 2.46. The molecule has 0 aromatic heterocycles. The molecule has 0 nitrogen and oxygen atoms in total. The predicted molar refractivity (Wildman–Crippen MR) is 64.6 cm³/mol. The third-order valence-corrected chi connectivity index (χ3v) is 4.51. The number of hydrogen-bond donors (Lipinski definition) is 0. The van der Waals surface area contributed by atoms with Crippen LogP contribution in [-0.2, 0) is 0 Å². The first-order chi connectivity index (χ1) is 6.90. The number of alkyl halides is 1. The van der Waals surface area contributed by atoms with E-state index in [9.17, 15) is 4.39 Å². The van der Waals surface area contributed by atoms with Crippen LogP contribution in [-0.4, -0.2) is 6.17 Å². The lowest BCUT2D eigenvalue weighted by Crippen LogP contribution is -2.36. The third kappa shape index (κ3) is 2.54. The van der Waals surface area contributed by atoms with Crippen molar-refractivity contribution in [3.8, 4) is 0 Å². The van der Waals surface area contributed by atoms with Crippen molar-refractivity contribution in [2.45, 2.75) is 66.5 Å². The first-order valence-corrected chi connectivity index (χ1v) is 6.54. The molecule has 1 fully saturated rings. The van der Waals surface area contributed by atoms with Crippen molar-refractivity contribution >= 4 is 0 Å². The summed E-state index contributed by atoms with van der Waals surface area (Å²) < 4.78 is 13.4. The normalized spacial score (nSPS) is 34.0. The van der Waals surface area contributed by atoms with E-state index in [-0.39, 0.29) is 5.41 Å². The lowest BCUT2D eigenvalue weighted by atomic mass is 9.63. The fourth-order valence-corrected chi connectivity index (χ4v) is 3.85. The van der Waals surface area contributed by atoms with Crippen LogP contribution in [0.1, 0.15) is 60.3 Å². The van der Waals surface area contributed by atoms with Crippen LogP contribution < -0.4 is 0 Å². The van der Waals surface area contributed by atoms with E-state index in [1.165, 1.54) is 19.3 Å². The standard InChI is InChI=1S/C14H27F/c1-10(2)13-7-6-8-14(13,11(3)4)9-12(5)15/h10-13H,6-9H2,1-5H3. The van der Waals surface area contributed by atoms with Crippen LogP contribution >= 0.6 is 0 Å². The quantitative estimate of drug-likeness (QED) is 0.628. The van der Waals surface area contributed by atoms with Crippen LogP contribution in [0.4, 0.5) is 4.39 Å². The van der Waals surface area contributed by atoms with Gasteiger partial charge in [-0.3, -0.25) is 0 Å². The van der Waals surface area contributed by atoms with Gasteiger partial charge in [0.1, 0.15) is 0 Å². The molecule has 0 aromatic carbocycles. The van der Waals surface area contributed by atoms with Crippen LogP contribution in [0.5, 0.6) is 0 Å². The van der Waals surface area contributed by atoms with Crippen molar-refractivity contribution < 1.29 is 4.39 Å². The van der Waals surface area contributed by atoms with Gasteiger partial charge in [-0.05, 0) is 49.4 Å². The molecular formula is C14H27F. The van der Waals surface area contributed by atoms with E-state index < -0.39 is 6.17 Å². The summed E-state index contributed by atoms with van der Waals surface area (Å²) in [6, 6.07) is 0. The molecule has 0 aromatic rings. The lowest BCUT2D eigenvalue weighted by Gasteiger charge is -2.42. The molecule has 0 spiro atoms. The predicted octanol–water partition coefficient (Wildman–Crippen LogP) is 4.83. The summed E-state index contributed by atoms with van der Waals surface area (Å²) in [7, 11) is 0. The molecule has 15 heavy (non-hydrogen) atoms. The molecule has 3 atom stereocenters. The van der Waals surface area contributed by atoms with Gasteiger partial charge < -0.3 is 0 Å². The molecule has 0 heterocycles. The largest absolute Gasteiger partial charge is 0.248 e. The van der Waals surface area contributed by atoms with Crippen molar-refractivity contribution in [2.24, 2.45) is 23.2 Å². The zero-order valence-corrected chi connectivity index (χ0v) is 11.0. The maximum Gasteiger partial charge on any atom is 0.0979 e. The third-order valence-electron chi connectivity index (χ3n) is 4.51. The van der Waals surface area contributed by atoms with Crippen molar-refractivity contribution in [1.82, 2.24) is 0 Å². The lowest BCUT2D eigenvalue weighted by molar-refractivity contribution is 0.0498. The summed E-state index contributed by atoms with van der Waals surface area (Å²) in [6.45, 7) is 10.9. The molecule has 0 saturated heterocycles. The molecule has 0 bridgehead atoms. The Balaban J connectivity index is 2.88. The molecule has 0 radical (unpaired) electrons. The van der Waals surface area contributed by atoms with E-state index in [2.05, 4.69) is 27.7 Å². The van der Waals surface area contributed by atoms with Gasteiger partial charge in [-0.1, -0.05) is 34.1 Å². The van der Waals surface area contributed by atoms with Gasteiger partial charge in [0.25, 0.3) is 0 Å². The van der Waals surface area contributed by atoms with Gasteiger partial charge in [0.05, 0.1) is 6.17 Å². The second kappa shape index (κ2) is 4.84. The molecule has 1 heteroatoms. The smallest absolute Gasteiger partial charge is 0.0979 e. The van der Waals surface area contributed by atoms with E-state index in [1.54, 1.807) is 6.92 Å². The van der Waals surface area contributed by atoms with E-state index >= 15 is 0 Å². The Hall–Kier alpha value is -0.0700. The highest BCUT2D eigenvalue weighted by molar-refractivity contribution is 4.96. The molecule has 1 rings (SSSR count). The molecule has 3 unspecified atom stereocenters. The Morgan fingerprint density at radius 1 is 1.20 bits per heavy atom. The SMILES string of the molecule is CC(F)CC1(C(C)C)CCCC1C(C)C. The first kappa shape index (κ1) is 13.0. The summed E-state index contributed by atoms with van der Waals surface area (Å²) in [5.41, 5.74) is 0.280. The van der Waals surface area contributed by atoms with E-state index in [0.29, 0.717) is 11.8 Å². The first-order valence-electron chi connectivity index (χ1n) is 6.54. The van der Waals surface area contributed by atoms with Gasteiger partial charge >= 0.3 is 0 Å². The highest BCUT2D eigenvalue weighted by Crippen LogP contribution is 2.54. The summed E-state index contributed by atoms with van der Waals surface area (Å²) in [4.78, 5) is 0. The summed E-state index contributed by atoms with van der Waals surface area (Å²) in [5, 5.41) is 0. The Bertz CT molecular complexity index is 196. The zero-order chi connectivity index (χ0) is 11.6. The number of halogens is 1. The molecule has 1 aliphatic carbocycles. The highest BCUT2D eigenvalue weighted by atomic mass is 19.1. The van der Waals surface area contributed by atoms with Gasteiger partial charge in [0.2, 0.25) is 0 Å². The maximum atomic E-state index is 13.4. The zero-order valence-electron chi connectivity index (χ0n) is 11.0. The maximum absolute atomic E-state index is 13.4. The van der Waals surface area contributed by atoms with Crippen LogP contribution in [0.15, 0.2) is 0 Å². The summed E-state index contributed by atoms with van der Waals surface area (Å²) in [5.74, 6) is 2.05. The molecule has 1 aliphatic rings. The average Bonchev–Trinajstić information content (AvgIpc) is 2.47. The Morgan fingerprint density at radius 3 is 2.20 bits per heavy atom. The molecular weight excluding hydrogens is 187 g/mol. The van der Waals surface area contributed by atoms with Crippen molar-refractivity contribution in [2.75, 3.05) is 0 Å². The molecule has 1 saturated carbocycles. The minimum absolute atomic E-state index is 0.280. The number of hydrogen-bond acceptors (Lipinski definition) is 0. The minimum Gasteiger partial charge on any atom is -0.248 e. The van der Waals surface area contributed by atoms with Crippen molar-refractivity contribution in [1.29, 1.82) is 0 Å². The topological polar surface area (TPSA) is 0 Å². The van der Waals surface area contributed by atoms with E-state index in [4.69, 9.17) is 0 Å². The molecule has 0 amide bonds. The number of rotatable bonds is 4. The Morgan fingerprint density at radius 2 is 1.80 bits per heavy atom. The molecule has 0 N–H and O–H groups in total. The second-order valence-electron chi connectivity index (χ2n) is 6.12. The van der Waals surface area contributed by atoms with Gasteiger partial charge in [-0.2, -0.15) is 0 Å². The Kier molecular flexibility index (Phi) is 4.20. The molecule has 0 aliphatic heterocycles. The minimum atomic E-state index is -0.647. The van der Waals surface area contributed by atoms with E-state index in [1.807, 2.05) is 0 Å². The summed E-state index contributed by atoms with van der Waals surface area (Å²) in [6.07, 6.45) is 3.97. The average molecular weight is 214 g/mol. The van der Waals surface area contributed by atoms with E-state index in [0.717, 1.165) is 12.3 Å². The van der Waals surface area contributed by atoms with Gasteiger partial charge in [-0.15, -0.1) is 0 Å². The monoisotopic (exact) mass is 214 g/mol. The summed E-state index contributed by atoms with van der Waals surface area (Å²) >= 11 is 0. The van der Waals surface area contributed by atoms with Crippen LogP contribution in [0.25, 0.3) is 0 Å². The second-order valence-corrected chi connectivity index (χ2v) is 6.12. The van der Waals surface area contributed by atoms with Crippen LogP contribution in [0, 0.1) is 23.2 Å².